The molecule has 26 heavy (non-hydrogen) atoms. The maximum Gasteiger partial charge on any atom is 0.311 e. The molecule has 136 valence electrons. The molecule has 7 heteroatoms. The first-order chi connectivity index (χ1) is 12.6. The molecule has 1 aliphatic rings. The van der Waals surface area contributed by atoms with Crippen LogP contribution in [0.3, 0.4) is 0 Å². The highest BCUT2D eigenvalue weighted by Gasteiger charge is 2.23. The van der Waals surface area contributed by atoms with E-state index in [2.05, 4.69) is 34.6 Å². The number of hydrogen-bond donors (Lipinski definition) is 1. The second kappa shape index (κ2) is 8.42. The van der Waals surface area contributed by atoms with Crippen LogP contribution in [0.2, 0.25) is 0 Å². The van der Waals surface area contributed by atoms with Crippen LogP contribution in [0.25, 0.3) is 0 Å². The Bertz CT molecular complexity index is 758. The predicted octanol–water partition coefficient (Wildman–Crippen LogP) is 2.88. The number of nitrogens with one attached hydrogen (secondary N) is 1. The summed E-state index contributed by atoms with van der Waals surface area (Å²) in [5.41, 5.74) is 1.21. The number of rotatable bonds is 6. The number of hydrogen-bond acceptors (Lipinski definition) is 5. The molecule has 0 unspecified atom stereocenters. The zero-order chi connectivity index (χ0) is 18.4. The minimum Gasteiger partial charge on any atom is -0.355 e. The van der Waals surface area contributed by atoms with E-state index in [0.717, 1.165) is 32.4 Å². The van der Waals surface area contributed by atoms with Gasteiger partial charge in [0.2, 0.25) is 11.7 Å². The molecule has 7 nitrogen and oxygen atoms in total. The van der Waals surface area contributed by atoms with Crippen molar-refractivity contribution in [1.82, 2.24) is 9.88 Å². The maximum atomic E-state index is 12.4. The summed E-state index contributed by atoms with van der Waals surface area (Å²) in [7, 11) is 0. The highest BCUT2D eigenvalue weighted by molar-refractivity contribution is 5.81. The van der Waals surface area contributed by atoms with Crippen molar-refractivity contribution >= 4 is 17.4 Å². The molecule has 2 heterocycles. The second-order valence-corrected chi connectivity index (χ2v) is 6.50. The minimum atomic E-state index is -0.505. The van der Waals surface area contributed by atoms with Crippen LogP contribution in [0.4, 0.5) is 11.5 Å². The van der Waals surface area contributed by atoms with E-state index in [1.807, 2.05) is 11.0 Å². The third-order valence-corrected chi connectivity index (χ3v) is 4.72. The van der Waals surface area contributed by atoms with Crippen LogP contribution in [0.15, 0.2) is 48.7 Å². The van der Waals surface area contributed by atoms with E-state index in [1.54, 1.807) is 0 Å². The van der Waals surface area contributed by atoms with Gasteiger partial charge in [0.1, 0.15) is 0 Å². The summed E-state index contributed by atoms with van der Waals surface area (Å²) in [6.45, 7) is 1.46. The molecular formula is C19H22N4O3. The van der Waals surface area contributed by atoms with Crippen LogP contribution in [0.1, 0.15) is 18.4 Å². The number of aromatic nitrogens is 1. The van der Waals surface area contributed by atoms with E-state index < -0.39 is 4.92 Å². The van der Waals surface area contributed by atoms with Gasteiger partial charge in [-0.3, -0.25) is 14.9 Å². The summed E-state index contributed by atoms with van der Waals surface area (Å²) < 4.78 is 0. The minimum absolute atomic E-state index is 0.0151. The Morgan fingerprint density at radius 2 is 1.92 bits per heavy atom. The van der Waals surface area contributed by atoms with Gasteiger partial charge in [0, 0.05) is 25.4 Å². The third-order valence-electron chi connectivity index (χ3n) is 4.72. The molecule has 0 saturated carbocycles. The number of carbonyl (C=O) groups excluding carboxylic acids is 1. The zero-order valence-electron chi connectivity index (χ0n) is 14.5. The molecule has 0 radical (unpaired) electrons. The SMILES string of the molecule is O=C(CNc1ncccc1[N+](=O)[O-])N1CCC(Cc2ccccc2)CC1. The van der Waals surface area contributed by atoms with Crippen molar-refractivity contribution in [3.63, 3.8) is 0 Å². The quantitative estimate of drug-likeness (QED) is 0.636. The fraction of sp³-hybridized carbons (Fsp3) is 0.368. The summed E-state index contributed by atoms with van der Waals surface area (Å²) in [4.78, 5) is 28.6. The Morgan fingerprint density at radius 3 is 2.62 bits per heavy atom. The summed E-state index contributed by atoms with van der Waals surface area (Å²) in [6, 6.07) is 13.3. The summed E-state index contributed by atoms with van der Waals surface area (Å²) >= 11 is 0. The molecule has 0 bridgehead atoms. The Morgan fingerprint density at radius 1 is 1.19 bits per heavy atom. The van der Waals surface area contributed by atoms with E-state index in [0.29, 0.717) is 5.92 Å². The standard InChI is InChI=1S/C19H22N4O3/c24-18(14-21-19-17(23(25)26)7-4-10-20-19)22-11-8-16(9-12-22)13-15-5-2-1-3-6-15/h1-7,10,16H,8-9,11-14H2,(H,20,21). The Labute approximate surface area is 152 Å². The van der Waals surface area contributed by atoms with Crippen molar-refractivity contribution in [2.75, 3.05) is 25.0 Å². The summed E-state index contributed by atoms with van der Waals surface area (Å²) in [5, 5.41) is 13.8. The highest BCUT2D eigenvalue weighted by Crippen LogP contribution is 2.23. The van der Waals surface area contributed by atoms with Crippen LogP contribution in [0, 0.1) is 16.0 Å². The normalized spacial score (nSPS) is 14.8. The van der Waals surface area contributed by atoms with Crippen LogP contribution in [0.5, 0.6) is 0 Å². The van der Waals surface area contributed by atoms with Gasteiger partial charge in [0.25, 0.3) is 0 Å². The van der Waals surface area contributed by atoms with E-state index in [4.69, 9.17) is 0 Å². The van der Waals surface area contributed by atoms with E-state index in [-0.39, 0.29) is 24.0 Å². The van der Waals surface area contributed by atoms with Gasteiger partial charge in [-0.05, 0) is 36.8 Å². The topological polar surface area (TPSA) is 88.4 Å². The molecule has 1 aromatic heterocycles. The van der Waals surface area contributed by atoms with Crippen LogP contribution in [-0.4, -0.2) is 40.3 Å². The Hall–Kier alpha value is -2.96. The van der Waals surface area contributed by atoms with Crippen LogP contribution >= 0.6 is 0 Å². The van der Waals surface area contributed by atoms with Gasteiger partial charge in [-0.25, -0.2) is 4.98 Å². The van der Waals surface area contributed by atoms with E-state index >= 15 is 0 Å². The number of amides is 1. The first-order valence-corrected chi connectivity index (χ1v) is 8.78. The van der Waals surface area contributed by atoms with E-state index in [1.165, 1.54) is 23.9 Å². The molecule has 3 rings (SSSR count). The van der Waals surface area contributed by atoms with Gasteiger partial charge in [0.05, 0.1) is 11.5 Å². The van der Waals surface area contributed by atoms with Gasteiger partial charge < -0.3 is 10.2 Å². The number of carbonyl (C=O) groups is 1. The van der Waals surface area contributed by atoms with Crippen molar-refractivity contribution in [1.29, 1.82) is 0 Å². The first kappa shape index (κ1) is 17.8. The maximum absolute atomic E-state index is 12.4. The van der Waals surface area contributed by atoms with Crippen LogP contribution in [-0.2, 0) is 11.2 Å². The zero-order valence-corrected chi connectivity index (χ0v) is 14.5. The number of benzene rings is 1. The number of nitrogens with zero attached hydrogens (tertiary/aromatic N) is 3. The molecule has 2 aromatic rings. The largest absolute Gasteiger partial charge is 0.355 e. The molecule has 0 spiro atoms. The van der Waals surface area contributed by atoms with E-state index in [9.17, 15) is 14.9 Å². The molecule has 1 N–H and O–H groups in total. The Kier molecular flexibility index (Phi) is 5.78. The summed E-state index contributed by atoms with van der Waals surface area (Å²) in [5.74, 6) is 0.666. The van der Waals surface area contributed by atoms with Crippen molar-refractivity contribution in [3.05, 3.63) is 64.3 Å². The number of pyridine rings is 1. The van der Waals surface area contributed by atoms with Gasteiger partial charge in [-0.2, -0.15) is 0 Å². The van der Waals surface area contributed by atoms with Crippen LogP contribution < -0.4 is 5.32 Å². The van der Waals surface area contributed by atoms with Gasteiger partial charge in [-0.1, -0.05) is 30.3 Å². The first-order valence-electron chi connectivity index (χ1n) is 8.78. The molecule has 1 amide bonds. The molecule has 1 fully saturated rings. The number of likely N-dealkylation sites (tertiary alicyclic amines) is 1. The van der Waals surface area contributed by atoms with Crippen molar-refractivity contribution in [2.45, 2.75) is 19.3 Å². The van der Waals surface area contributed by atoms with Gasteiger partial charge in [-0.15, -0.1) is 0 Å². The number of piperidine rings is 1. The molecule has 1 aromatic carbocycles. The molecule has 1 aliphatic heterocycles. The predicted molar refractivity (Wildman–Crippen MR) is 98.8 cm³/mol. The lowest BCUT2D eigenvalue weighted by atomic mass is 9.90. The fourth-order valence-electron chi connectivity index (χ4n) is 3.29. The van der Waals surface area contributed by atoms with Crippen molar-refractivity contribution in [2.24, 2.45) is 5.92 Å². The lowest BCUT2D eigenvalue weighted by Gasteiger charge is -2.32. The van der Waals surface area contributed by atoms with Crippen molar-refractivity contribution in [3.8, 4) is 0 Å². The fourth-order valence-corrected chi connectivity index (χ4v) is 3.29. The van der Waals surface area contributed by atoms with Gasteiger partial charge in [0.15, 0.2) is 0 Å². The third kappa shape index (κ3) is 4.56. The lowest BCUT2D eigenvalue weighted by molar-refractivity contribution is -0.384. The Balaban J connectivity index is 1.48. The molecular weight excluding hydrogens is 332 g/mol. The second-order valence-electron chi connectivity index (χ2n) is 6.50. The smallest absolute Gasteiger partial charge is 0.311 e. The monoisotopic (exact) mass is 354 g/mol. The number of anilines is 1. The van der Waals surface area contributed by atoms with Crippen molar-refractivity contribution < 1.29 is 9.72 Å². The molecule has 0 aliphatic carbocycles. The molecule has 0 atom stereocenters. The number of nitro groups is 1. The lowest BCUT2D eigenvalue weighted by Crippen LogP contribution is -2.41. The average molecular weight is 354 g/mol. The molecule has 1 saturated heterocycles. The highest BCUT2D eigenvalue weighted by atomic mass is 16.6. The van der Waals surface area contributed by atoms with Gasteiger partial charge >= 0.3 is 5.69 Å². The average Bonchev–Trinajstić information content (AvgIpc) is 2.67. The summed E-state index contributed by atoms with van der Waals surface area (Å²) in [6.07, 6.45) is 4.46.